The summed E-state index contributed by atoms with van der Waals surface area (Å²) in [5, 5.41) is 0. The first-order valence-corrected chi connectivity index (χ1v) is 12.2. The largest absolute Gasteiger partial charge is 0.466 e. The fourth-order valence-electron chi connectivity index (χ4n) is 3.62. The molecule has 0 aliphatic rings. The number of hydrogen-bond donors (Lipinski definition) is 0. The van der Waals surface area contributed by atoms with Gasteiger partial charge in [0.05, 0.1) is 6.61 Å². The molecule has 0 saturated carbocycles. The smallest absolute Gasteiger partial charge is 0.311 e. The molecular weight excluding hydrogens is 400 g/mol. The van der Waals surface area contributed by atoms with Crippen LogP contribution in [0.3, 0.4) is 0 Å². The van der Waals surface area contributed by atoms with Gasteiger partial charge in [-0.1, -0.05) is 100 Å². The molecule has 0 atom stereocenters. The molecule has 0 aromatic heterocycles. The predicted octanol–water partition coefficient (Wildman–Crippen LogP) is 7.50. The van der Waals surface area contributed by atoms with E-state index in [9.17, 15) is 9.59 Å². The zero-order chi connectivity index (χ0) is 22.9. The van der Waals surface area contributed by atoms with E-state index in [2.05, 4.69) is 6.92 Å². The van der Waals surface area contributed by atoms with Crippen LogP contribution in [0.4, 0.5) is 0 Å². The average Bonchev–Trinajstić information content (AvgIpc) is 2.81. The molecule has 0 spiro atoms. The monoisotopic (exact) mass is 438 g/mol. The number of hydrogen-bond acceptors (Lipinski definition) is 4. The number of carbonyl (C=O) groups excluding carboxylic acids is 2. The number of unbranched alkanes of at least 4 members (excludes halogenated alkanes) is 8. The molecule has 0 aliphatic carbocycles. The van der Waals surface area contributed by atoms with Crippen LogP contribution in [-0.2, 0) is 14.3 Å². The molecule has 0 bridgehead atoms. The van der Waals surface area contributed by atoms with Gasteiger partial charge in [-0.05, 0) is 30.9 Å². The third kappa shape index (κ3) is 10.6. The molecule has 174 valence electrons. The lowest BCUT2D eigenvalue weighted by molar-refractivity contribution is -0.144. The van der Waals surface area contributed by atoms with E-state index in [0.29, 0.717) is 25.2 Å². The van der Waals surface area contributed by atoms with Gasteiger partial charge in [-0.2, -0.15) is 0 Å². The molecule has 2 aromatic carbocycles. The van der Waals surface area contributed by atoms with Crippen LogP contribution in [-0.4, -0.2) is 18.5 Å². The summed E-state index contributed by atoms with van der Waals surface area (Å²) in [5.41, 5.74) is 1.97. The second-order valence-electron chi connectivity index (χ2n) is 8.24. The highest BCUT2D eigenvalue weighted by molar-refractivity contribution is 5.78. The van der Waals surface area contributed by atoms with Gasteiger partial charge in [-0.3, -0.25) is 9.59 Å². The van der Waals surface area contributed by atoms with Crippen molar-refractivity contribution < 1.29 is 19.1 Å². The molecule has 4 heteroatoms. The zero-order valence-electron chi connectivity index (χ0n) is 19.5. The quantitative estimate of drug-likeness (QED) is 0.155. The van der Waals surface area contributed by atoms with Gasteiger partial charge in [-0.25, -0.2) is 0 Å². The second-order valence-corrected chi connectivity index (χ2v) is 8.24. The van der Waals surface area contributed by atoms with Gasteiger partial charge in [-0.15, -0.1) is 0 Å². The van der Waals surface area contributed by atoms with E-state index in [4.69, 9.17) is 9.47 Å². The number of carbonyl (C=O) groups is 2. The first-order valence-electron chi connectivity index (χ1n) is 12.2. The number of para-hydroxylation sites is 1. The Hall–Kier alpha value is -2.62. The highest BCUT2D eigenvalue weighted by Crippen LogP contribution is 2.29. The fraction of sp³-hybridized carbons (Fsp3) is 0.500. The Labute approximate surface area is 193 Å². The lowest BCUT2D eigenvalue weighted by atomic mass is 10.0. The Kier molecular flexibility index (Phi) is 12.9. The van der Waals surface area contributed by atoms with Crippen molar-refractivity contribution in [3.63, 3.8) is 0 Å². The number of ether oxygens (including phenoxy) is 2. The molecule has 0 saturated heterocycles. The van der Waals surface area contributed by atoms with E-state index < -0.39 is 0 Å². The minimum atomic E-state index is -0.185. The summed E-state index contributed by atoms with van der Waals surface area (Å²) in [7, 11) is 0. The van der Waals surface area contributed by atoms with Crippen molar-refractivity contribution in [3.8, 4) is 16.9 Å². The first kappa shape index (κ1) is 25.6. The molecule has 0 N–H and O–H groups in total. The van der Waals surface area contributed by atoms with Crippen molar-refractivity contribution in [2.45, 2.75) is 84.0 Å². The molecule has 0 unspecified atom stereocenters. The summed E-state index contributed by atoms with van der Waals surface area (Å²) in [4.78, 5) is 24.0. The van der Waals surface area contributed by atoms with Gasteiger partial charge >= 0.3 is 11.9 Å². The molecule has 0 fully saturated rings. The van der Waals surface area contributed by atoms with Crippen LogP contribution in [0, 0.1) is 0 Å². The lowest BCUT2D eigenvalue weighted by Gasteiger charge is -2.10. The van der Waals surface area contributed by atoms with Crippen LogP contribution in [0.2, 0.25) is 0 Å². The minimum Gasteiger partial charge on any atom is -0.466 e. The van der Waals surface area contributed by atoms with E-state index in [1.165, 1.54) is 12.8 Å². The van der Waals surface area contributed by atoms with Gasteiger partial charge in [0.25, 0.3) is 0 Å². The lowest BCUT2D eigenvalue weighted by Crippen LogP contribution is -2.08. The summed E-state index contributed by atoms with van der Waals surface area (Å²) in [6.07, 6.45) is 11.3. The van der Waals surface area contributed by atoms with Crippen molar-refractivity contribution in [3.05, 3.63) is 54.6 Å². The van der Waals surface area contributed by atoms with Gasteiger partial charge in [0.2, 0.25) is 0 Å². The Balaban J connectivity index is 1.52. The van der Waals surface area contributed by atoms with E-state index in [0.717, 1.165) is 62.5 Å². The summed E-state index contributed by atoms with van der Waals surface area (Å²) in [6.45, 7) is 2.73. The zero-order valence-corrected chi connectivity index (χ0v) is 19.5. The first-order chi connectivity index (χ1) is 15.7. The van der Waals surface area contributed by atoms with Crippen LogP contribution in [0.15, 0.2) is 54.6 Å². The predicted molar refractivity (Wildman–Crippen MR) is 130 cm³/mol. The van der Waals surface area contributed by atoms with Gasteiger partial charge < -0.3 is 9.47 Å². The van der Waals surface area contributed by atoms with Crippen molar-refractivity contribution in [2.24, 2.45) is 0 Å². The Morgan fingerprint density at radius 2 is 1.25 bits per heavy atom. The fourth-order valence-corrected chi connectivity index (χ4v) is 3.62. The third-order valence-corrected chi connectivity index (χ3v) is 5.47. The average molecular weight is 439 g/mol. The molecular formula is C28H38O4. The van der Waals surface area contributed by atoms with E-state index in [-0.39, 0.29) is 11.9 Å². The Morgan fingerprint density at radius 3 is 1.97 bits per heavy atom. The third-order valence-electron chi connectivity index (χ3n) is 5.47. The van der Waals surface area contributed by atoms with Crippen molar-refractivity contribution in [2.75, 3.05) is 6.61 Å². The molecule has 2 rings (SSSR count). The van der Waals surface area contributed by atoms with Crippen molar-refractivity contribution in [1.82, 2.24) is 0 Å². The molecule has 32 heavy (non-hydrogen) atoms. The minimum absolute atomic E-state index is 0.0694. The van der Waals surface area contributed by atoms with Gasteiger partial charge in [0.15, 0.2) is 0 Å². The molecule has 0 amide bonds. The number of esters is 2. The van der Waals surface area contributed by atoms with E-state index in [1.807, 2.05) is 54.6 Å². The van der Waals surface area contributed by atoms with Crippen LogP contribution >= 0.6 is 0 Å². The maximum absolute atomic E-state index is 12.3. The van der Waals surface area contributed by atoms with E-state index >= 15 is 0 Å². The summed E-state index contributed by atoms with van der Waals surface area (Å²) >= 11 is 0. The summed E-state index contributed by atoms with van der Waals surface area (Å²) in [5.74, 6) is 0.357. The number of benzene rings is 2. The van der Waals surface area contributed by atoms with Crippen LogP contribution in [0.25, 0.3) is 11.1 Å². The Bertz CT molecular complexity index is 785. The highest BCUT2D eigenvalue weighted by Gasteiger charge is 2.10. The van der Waals surface area contributed by atoms with E-state index in [1.54, 1.807) is 0 Å². The maximum Gasteiger partial charge on any atom is 0.311 e. The molecule has 0 aliphatic heterocycles. The van der Waals surface area contributed by atoms with Crippen LogP contribution in [0.5, 0.6) is 5.75 Å². The standard InChI is InChI=1S/C28H38O4/c1-2-3-4-16-23-31-27(29)21-12-7-5-6-8-13-22-28(30)32-26-20-15-14-19-25(26)24-17-10-9-11-18-24/h9-11,14-15,17-20H,2-8,12-13,16,21-23H2,1H3. The molecule has 2 aromatic rings. The summed E-state index contributed by atoms with van der Waals surface area (Å²) in [6, 6.07) is 17.6. The normalized spacial score (nSPS) is 10.7. The second kappa shape index (κ2) is 16.1. The topological polar surface area (TPSA) is 52.6 Å². The maximum atomic E-state index is 12.3. The van der Waals surface area contributed by atoms with Crippen molar-refractivity contribution >= 4 is 11.9 Å². The van der Waals surface area contributed by atoms with Gasteiger partial charge in [0, 0.05) is 18.4 Å². The highest BCUT2D eigenvalue weighted by atomic mass is 16.5. The summed E-state index contributed by atoms with van der Waals surface area (Å²) < 4.78 is 10.9. The number of rotatable bonds is 16. The van der Waals surface area contributed by atoms with Crippen LogP contribution in [0.1, 0.15) is 84.0 Å². The molecule has 4 nitrogen and oxygen atoms in total. The Morgan fingerprint density at radius 1 is 0.656 bits per heavy atom. The van der Waals surface area contributed by atoms with Gasteiger partial charge in [0.1, 0.15) is 5.75 Å². The van der Waals surface area contributed by atoms with Crippen molar-refractivity contribution in [1.29, 1.82) is 0 Å². The SMILES string of the molecule is CCCCCCOC(=O)CCCCCCCCC(=O)Oc1ccccc1-c1ccccc1. The molecule has 0 heterocycles. The van der Waals surface area contributed by atoms with Crippen LogP contribution < -0.4 is 4.74 Å². The molecule has 0 radical (unpaired) electrons.